The topological polar surface area (TPSA) is 80.6 Å². The van der Waals surface area contributed by atoms with Gasteiger partial charge in [-0.25, -0.2) is 13.4 Å². The quantitative estimate of drug-likeness (QED) is 0.801. The largest absolute Gasteiger partial charge is 0.338 e. The zero-order chi connectivity index (χ0) is 15.2. The molecule has 110 valence electrons. The molecule has 1 aromatic carbocycles. The molecular weight excluding hydrogens is 288 g/mol. The van der Waals surface area contributed by atoms with E-state index >= 15 is 0 Å². The Balaban J connectivity index is 2.27. The number of nitrogens with one attached hydrogen (secondary N) is 1. The van der Waals surface area contributed by atoms with E-state index in [1.165, 1.54) is 6.26 Å². The highest BCUT2D eigenvalue weighted by molar-refractivity contribution is 7.91. The molecule has 6 nitrogen and oxygen atoms in total. The second kappa shape index (κ2) is 4.70. The highest BCUT2D eigenvalue weighted by Gasteiger charge is 2.17. The maximum Gasteiger partial charge on any atom is 0.177 e. The SMILES string of the molecule is CCc1nn(C)cc1-c1nc2c(S(C)(=O)=O)cccc2[nH]1. The van der Waals surface area contributed by atoms with Crippen molar-refractivity contribution in [2.45, 2.75) is 18.2 Å². The predicted octanol–water partition coefficient (Wildman–Crippen LogP) is 1.93. The van der Waals surface area contributed by atoms with Gasteiger partial charge in [-0.3, -0.25) is 4.68 Å². The van der Waals surface area contributed by atoms with Crippen molar-refractivity contribution in [1.29, 1.82) is 0 Å². The van der Waals surface area contributed by atoms with Crippen molar-refractivity contribution in [1.82, 2.24) is 19.7 Å². The van der Waals surface area contributed by atoms with Gasteiger partial charge >= 0.3 is 0 Å². The van der Waals surface area contributed by atoms with Crippen LogP contribution < -0.4 is 0 Å². The smallest absolute Gasteiger partial charge is 0.177 e. The molecule has 0 aliphatic rings. The van der Waals surface area contributed by atoms with E-state index in [-0.39, 0.29) is 4.90 Å². The first-order valence-corrected chi connectivity index (χ1v) is 8.51. The van der Waals surface area contributed by atoms with Crippen LogP contribution in [0.5, 0.6) is 0 Å². The standard InChI is InChI=1S/C14H16N4O2S/c1-4-10-9(8-18(2)17-10)14-15-11-6-5-7-12(13(11)16-14)21(3,19)20/h5-8H,4H2,1-3H3,(H,15,16). The third kappa shape index (κ3) is 2.33. The molecule has 21 heavy (non-hydrogen) atoms. The number of imidazole rings is 1. The number of benzene rings is 1. The summed E-state index contributed by atoms with van der Waals surface area (Å²) < 4.78 is 25.4. The average Bonchev–Trinajstić information content (AvgIpc) is 2.99. The van der Waals surface area contributed by atoms with Gasteiger partial charge in [0.25, 0.3) is 0 Å². The van der Waals surface area contributed by atoms with Crippen molar-refractivity contribution in [2.75, 3.05) is 6.26 Å². The Hall–Kier alpha value is -2.15. The fourth-order valence-electron chi connectivity index (χ4n) is 2.43. The molecule has 0 amide bonds. The van der Waals surface area contributed by atoms with E-state index in [9.17, 15) is 8.42 Å². The van der Waals surface area contributed by atoms with Crippen LogP contribution in [-0.2, 0) is 23.3 Å². The molecular formula is C14H16N4O2S. The molecule has 0 unspecified atom stereocenters. The highest BCUT2D eigenvalue weighted by atomic mass is 32.2. The lowest BCUT2D eigenvalue weighted by Crippen LogP contribution is -1.97. The fourth-order valence-corrected chi connectivity index (χ4v) is 3.26. The lowest BCUT2D eigenvalue weighted by molar-refractivity contribution is 0.602. The first-order valence-electron chi connectivity index (χ1n) is 6.62. The minimum absolute atomic E-state index is 0.240. The average molecular weight is 304 g/mol. The van der Waals surface area contributed by atoms with Gasteiger partial charge in [-0.15, -0.1) is 0 Å². The van der Waals surface area contributed by atoms with Crippen LogP contribution in [0.1, 0.15) is 12.6 Å². The summed E-state index contributed by atoms with van der Waals surface area (Å²) in [6, 6.07) is 5.11. The Labute approximate surface area is 122 Å². The normalized spacial score (nSPS) is 12.1. The summed E-state index contributed by atoms with van der Waals surface area (Å²) in [5, 5.41) is 4.39. The van der Waals surface area contributed by atoms with E-state index < -0.39 is 9.84 Å². The van der Waals surface area contributed by atoms with E-state index in [0.717, 1.165) is 17.7 Å². The zero-order valence-electron chi connectivity index (χ0n) is 12.1. The summed E-state index contributed by atoms with van der Waals surface area (Å²) >= 11 is 0. The number of H-pyrrole nitrogens is 1. The van der Waals surface area contributed by atoms with Crippen LogP contribution in [0.2, 0.25) is 0 Å². The Morgan fingerprint density at radius 3 is 2.76 bits per heavy atom. The van der Waals surface area contributed by atoms with Gasteiger partial charge in [0.05, 0.1) is 21.7 Å². The van der Waals surface area contributed by atoms with Crippen molar-refractivity contribution in [3.63, 3.8) is 0 Å². The van der Waals surface area contributed by atoms with Crippen LogP contribution >= 0.6 is 0 Å². The van der Waals surface area contributed by atoms with Gasteiger partial charge in [0.2, 0.25) is 0 Å². The van der Waals surface area contributed by atoms with E-state index in [0.29, 0.717) is 16.9 Å². The highest BCUT2D eigenvalue weighted by Crippen LogP contribution is 2.27. The minimum atomic E-state index is -3.31. The number of fused-ring (bicyclic) bond motifs is 1. The van der Waals surface area contributed by atoms with E-state index in [1.54, 1.807) is 16.8 Å². The fraction of sp³-hybridized carbons (Fsp3) is 0.286. The number of hydrogen-bond donors (Lipinski definition) is 1. The molecule has 0 saturated carbocycles. The summed E-state index contributed by atoms with van der Waals surface area (Å²) in [5.41, 5.74) is 3.01. The van der Waals surface area contributed by atoms with Crippen LogP contribution in [0.25, 0.3) is 22.4 Å². The van der Waals surface area contributed by atoms with Crippen LogP contribution in [0.15, 0.2) is 29.3 Å². The Bertz CT molecular complexity index is 922. The van der Waals surface area contributed by atoms with Crippen LogP contribution in [0.3, 0.4) is 0 Å². The molecule has 3 aromatic rings. The first kappa shape index (κ1) is 13.8. The number of hydrogen-bond acceptors (Lipinski definition) is 4. The molecule has 2 aromatic heterocycles. The molecule has 0 fully saturated rings. The number of aromatic nitrogens is 4. The number of aromatic amines is 1. The maximum atomic E-state index is 11.8. The molecule has 7 heteroatoms. The predicted molar refractivity (Wildman–Crippen MR) is 80.8 cm³/mol. The Morgan fingerprint density at radius 1 is 1.33 bits per heavy atom. The molecule has 0 saturated heterocycles. The third-order valence-electron chi connectivity index (χ3n) is 3.37. The van der Waals surface area contributed by atoms with Crippen molar-refractivity contribution in [3.8, 4) is 11.4 Å². The molecule has 3 rings (SSSR count). The number of para-hydroxylation sites is 1. The summed E-state index contributed by atoms with van der Waals surface area (Å²) in [4.78, 5) is 7.91. The lowest BCUT2D eigenvalue weighted by Gasteiger charge is -1.97. The van der Waals surface area contributed by atoms with Crippen LogP contribution in [0.4, 0.5) is 0 Å². The molecule has 2 heterocycles. The second-order valence-electron chi connectivity index (χ2n) is 5.03. The minimum Gasteiger partial charge on any atom is -0.338 e. The molecule has 0 bridgehead atoms. The third-order valence-corrected chi connectivity index (χ3v) is 4.50. The number of aryl methyl sites for hydroxylation is 2. The van der Waals surface area contributed by atoms with Crippen LogP contribution in [0, 0.1) is 0 Å². The van der Waals surface area contributed by atoms with Gasteiger partial charge in [-0.05, 0) is 18.6 Å². The monoisotopic (exact) mass is 304 g/mol. The summed E-state index contributed by atoms with van der Waals surface area (Å²) in [6.45, 7) is 2.02. The summed E-state index contributed by atoms with van der Waals surface area (Å²) in [6.07, 6.45) is 3.86. The second-order valence-corrected chi connectivity index (χ2v) is 7.01. The van der Waals surface area contributed by atoms with Crippen molar-refractivity contribution >= 4 is 20.9 Å². The van der Waals surface area contributed by atoms with Crippen molar-refractivity contribution < 1.29 is 8.42 Å². The van der Waals surface area contributed by atoms with Gasteiger partial charge in [0.15, 0.2) is 9.84 Å². The summed E-state index contributed by atoms with van der Waals surface area (Å²) in [5.74, 6) is 0.644. The van der Waals surface area contributed by atoms with E-state index in [1.807, 2.05) is 26.2 Å². The van der Waals surface area contributed by atoms with Crippen molar-refractivity contribution in [3.05, 3.63) is 30.1 Å². The van der Waals surface area contributed by atoms with E-state index in [2.05, 4.69) is 15.1 Å². The maximum absolute atomic E-state index is 11.8. The molecule has 0 aliphatic carbocycles. The van der Waals surface area contributed by atoms with Crippen molar-refractivity contribution in [2.24, 2.45) is 7.05 Å². The number of rotatable bonds is 3. The van der Waals surface area contributed by atoms with Gasteiger partial charge in [0, 0.05) is 19.5 Å². The molecule has 0 radical (unpaired) electrons. The lowest BCUT2D eigenvalue weighted by atomic mass is 10.2. The molecule has 0 atom stereocenters. The molecule has 1 N–H and O–H groups in total. The van der Waals surface area contributed by atoms with Gasteiger partial charge in [0.1, 0.15) is 11.3 Å². The van der Waals surface area contributed by atoms with Gasteiger partial charge in [-0.2, -0.15) is 5.10 Å². The van der Waals surface area contributed by atoms with Gasteiger partial charge in [-0.1, -0.05) is 13.0 Å². The van der Waals surface area contributed by atoms with Crippen LogP contribution in [-0.4, -0.2) is 34.4 Å². The van der Waals surface area contributed by atoms with Gasteiger partial charge < -0.3 is 4.98 Å². The molecule has 0 aliphatic heterocycles. The van der Waals surface area contributed by atoms with E-state index in [4.69, 9.17) is 0 Å². The number of sulfone groups is 1. The Morgan fingerprint density at radius 2 is 2.10 bits per heavy atom. The summed E-state index contributed by atoms with van der Waals surface area (Å²) in [7, 11) is -1.46. The number of nitrogens with zero attached hydrogens (tertiary/aromatic N) is 3. The first-order chi connectivity index (χ1) is 9.90. The zero-order valence-corrected chi connectivity index (χ0v) is 12.9. The Kier molecular flexibility index (Phi) is 3.09. The molecule has 0 spiro atoms.